The van der Waals surface area contributed by atoms with Gasteiger partial charge in [-0.25, -0.2) is 19.6 Å². The molecule has 2 amide bonds. The van der Waals surface area contributed by atoms with Gasteiger partial charge in [-0.15, -0.1) is 23.1 Å². The number of quaternary nitrogens is 1. The molecule has 0 bridgehead atoms. The highest BCUT2D eigenvalue weighted by Gasteiger charge is 2.57. The third-order valence-corrected chi connectivity index (χ3v) is 12.1. The van der Waals surface area contributed by atoms with Crippen molar-refractivity contribution in [1.29, 1.82) is 0 Å². The summed E-state index contributed by atoms with van der Waals surface area (Å²) in [4.78, 5) is 79.6. The Labute approximate surface area is 314 Å². The fourth-order valence-corrected chi connectivity index (χ4v) is 8.88. The third-order valence-electron chi connectivity index (χ3n) is 9.62. The van der Waals surface area contributed by atoms with Gasteiger partial charge in [-0.2, -0.15) is 0 Å². The number of thioether (sulfide) groups is 1. The van der Waals surface area contributed by atoms with Gasteiger partial charge in [0.2, 0.25) is 5.60 Å². The summed E-state index contributed by atoms with van der Waals surface area (Å²) >= 11 is 8.51. The Balaban J connectivity index is 1.24. The molecule has 21 heteroatoms. The van der Waals surface area contributed by atoms with Gasteiger partial charge in [-0.05, 0) is 20.8 Å². The van der Waals surface area contributed by atoms with Crippen LogP contribution in [0.5, 0.6) is 11.5 Å². The number of phenols is 2. The van der Waals surface area contributed by atoms with E-state index in [0.717, 1.165) is 30.2 Å². The van der Waals surface area contributed by atoms with Crippen molar-refractivity contribution in [2.45, 2.75) is 62.4 Å². The van der Waals surface area contributed by atoms with Crippen molar-refractivity contribution in [3.05, 3.63) is 50.1 Å². The van der Waals surface area contributed by atoms with Crippen molar-refractivity contribution >= 4 is 80.2 Å². The van der Waals surface area contributed by atoms with Crippen molar-refractivity contribution < 1.29 is 48.9 Å². The molecular formula is C32H36ClN8O10S2+. The van der Waals surface area contributed by atoms with Crippen LogP contribution in [-0.2, 0) is 30.6 Å². The number of carbonyl (C=O) groups is 4. The Hall–Kier alpha value is -4.92. The van der Waals surface area contributed by atoms with Gasteiger partial charge in [0.15, 0.2) is 22.3 Å². The molecule has 0 aliphatic carbocycles. The molecule has 3 atom stereocenters. The molecule has 0 saturated carbocycles. The van der Waals surface area contributed by atoms with E-state index >= 15 is 0 Å². The zero-order valence-electron chi connectivity index (χ0n) is 28.6. The summed E-state index contributed by atoms with van der Waals surface area (Å²) in [5, 5.41) is 46.3. The Morgan fingerprint density at radius 1 is 1.21 bits per heavy atom. The Morgan fingerprint density at radius 3 is 2.53 bits per heavy atom. The van der Waals surface area contributed by atoms with Crippen LogP contribution in [0.3, 0.4) is 0 Å². The summed E-state index contributed by atoms with van der Waals surface area (Å²) in [5.41, 5.74) is 3.51. The zero-order valence-corrected chi connectivity index (χ0v) is 31.0. The van der Waals surface area contributed by atoms with Crippen molar-refractivity contribution in [2.75, 3.05) is 31.9 Å². The summed E-state index contributed by atoms with van der Waals surface area (Å²) in [7, 11) is 0. The van der Waals surface area contributed by atoms with Crippen molar-refractivity contribution in [1.82, 2.24) is 24.8 Å². The number of carboxylic acids is 2. The van der Waals surface area contributed by atoms with Gasteiger partial charge in [-0.3, -0.25) is 23.9 Å². The predicted octanol–water partition coefficient (Wildman–Crippen LogP) is 1.52. The second-order valence-corrected chi connectivity index (χ2v) is 16.2. The van der Waals surface area contributed by atoms with Crippen LogP contribution in [0.25, 0.3) is 10.9 Å². The first-order valence-electron chi connectivity index (χ1n) is 16.4. The molecule has 1 aromatic carbocycles. The topological polar surface area (TPSA) is 260 Å². The molecule has 53 heavy (non-hydrogen) atoms. The number of β-lactam (4-membered cyclic amide) rings is 1. The van der Waals surface area contributed by atoms with Crippen LogP contribution in [0.1, 0.15) is 39.3 Å². The van der Waals surface area contributed by atoms with Crippen LogP contribution < -0.4 is 16.6 Å². The molecule has 7 N–H and O–H groups in total. The van der Waals surface area contributed by atoms with Gasteiger partial charge >= 0.3 is 11.9 Å². The molecule has 0 radical (unpaired) electrons. The molecule has 282 valence electrons. The van der Waals surface area contributed by atoms with Crippen molar-refractivity contribution in [2.24, 2.45) is 5.16 Å². The maximum Gasteiger partial charge on any atom is 0.352 e. The van der Waals surface area contributed by atoms with Gasteiger partial charge in [0.25, 0.3) is 17.4 Å². The maximum absolute atomic E-state index is 13.6. The molecule has 5 heterocycles. The highest BCUT2D eigenvalue weighted by atomic mass is 35.5. The summed E-state index contributed by atoms with van der Waals surface area (Å²) in [5.74, 6) is -5.32. The monoisotopic (exact) mass is 791 g/mol. The summed E-state index contributed by atoms with van der Waals surface area (Å²) in [6.45, 7) is 6.59. The van der Waals surface area contributed by atoms with Gasteiger partial charge in [-0.1, -0.05) is 16.8 Å². The first-order chi connectivity index (χ1) is 24.9. The van der Waals surface area contributed by atoms with E-state index in [1.807, 2.05) is 6.92 Å². The fraction of sp³-hybridized carbons (Fsp3) is 0.438. The van der Waals surface area contributed by atoms with E-state index in [9.17, 15) is 44.4 Å². The van der Waals surface area contributed by atoms with Crippen LogP contribution in [0.2, 0.25) is 5.02 Å². The molecular weight excluding hydrogens is 756 g/mol. The quantitative estimate of drug-likeness (QED) is 0.0500. The molecule has 2 aromatic heterocycles. The first kappa shape index (κ1) is 37.8. The van der Waals surface area contributed by atoms with Crippen LogP contribution in [0.4, 0.5) is 5.13 Å². The Bertz CT molecular complexity index is 2160. The lowest BCUT2D eigenvalue weighted by Crippen LogP contribution is -2.71. The van der Waals surface area contributed by atoms with E-state index in [4.69, 9.17) is 22.2 Å². The Kier molecular flexibility index (Phi) is 10.1. The van der Waals surface area contributed by atoms with Gasteiger partial charge in [0, 0.05) is 35.1 Å². The summed E-state index contributed by atoms with van der Waals surface area (Å²) in [6, 6.07) is 0.00954. The molecule has 0 spiro atoms. The number of aliphatic carboxylic acids is 2. The molecule has 6 rings (SSSR count). The number of hydrogen-bond acceptors (Lipinski definition) is 14. The number of oxime groups is 1. The highest BCUT2D eigenvalue weighted by molar-refractivity contribution is 8.00. The number of aromatic hydroxyl groups is 2. The lowest BCUT2D eigenvalue weighted by atomic mass is 9.99. The average Bonchev–Trinajstić information content (AvgIpc) is 3.75. The standard InChI is InChI=1S/C32H35ClN8O10S2/c1-14-15(11-41(7-4-5-8-41)9-6-39-13-35-16-10-18(42)24(43)20(33)19(16)26(39)45)23(29(47)48)40-27(46)22(28(40)53-14)37-25(44)21(17-12-52-31(34)36-17)38-51-32(2,3)30(49)50/h10,12-14,22,28H,4-9,11H2,1-3H3,(H6-,34,36,37,38,42,43,44,45,47,48,49,50)/p+1/t14-,22+,28+/m0/s1. The van der Waals surface area contributed by atoms with E-state index in [1.165, 1.54) is 46.8 Å². The van der Waals surface area contributed by atoms with Crippen LogP contribution >= 0.6 is 34.7 Å². The zero-order chi connectivity index (χ0) is 38.6. The molecule has 3 aromatic rings. The number of amides is 2. The molecule has 2 fully saturated rings. The number of likely N-dealkylation sites (tertiary alicyclic amines) is 1. The molecule has 3 aliphatic rings. The fourth-order valence-electron chi connectivity index (χ4n) is 6.62. The number of rotatable bonds is 12. The second kappa shape index (κ2) is 14.1. The largest absolute Gasteiger partial charge is 0.504 e. The predicted molar refractivity (Wildman–Crippen MR) is 193 cm³/mol. The normalized spacial score (nSPS) is 21.4. The number of hydrogen-bond donors (Lipinski definition) is 6. The number of anilines is 1. The SMILES string of the molecule is C[C@@H]1S[C@@H]2[C@H](NC(=O)/C(=N\OC(C)(C)C(=O)O)c3csc(N)n3)C(=O)N2C(C(=O)O)=C1C[N+]1(CCn2cnc3cc(O)c(O)c(Cl)c3c2=O)CCCC1. The minimum atomic E-state index is -1.80. The lowest BCUT2D eigenvalue weighted by molar-refractivity contribution is -0.913. The van der Waals surface area contributed by atoms with Crippen LogP contribution in [0, 0.1) is 0 Å². The third kappa shape index (κ3) is 6.98. The number of phenolic OH excluding ortho intramolecular Hbond substituents is 2. The number of nitrogens with two attached hydrogens (primary N) is 1. The first-order valence-corrected chi connectivity index (χ1v) is 18.6. The maximum atomic E-state index is 13.6. The minimum absolute atomic E-state index is 0.00482. The van der Waals surface area contributed by atoms with E-state index in [0.29, 0.717) is 29.7 Å². The van der Waals surface area contributed by atoms with E-state index < -0.39 is 68.8 Å². The molecule has 0 unspecified atom stereocenters. The molecule has 18 nitrogen and oxygen atoms in total. The Morgan fingerprint density at radius 2 is 1.91 bits per heavy atom. The second-order valence-electron chi connectivity index (χ2n) is 13.5. The van der Waals surface area contributed by atoms with Gasteiger partial charge in [0.05, 0.1) is 43.4 Å². The highest BCUT2D eigenvalue weighted by Crippen LogP contribution is 2.45. The number of aromatic nitrogens is 3. The van der Waals surface area contributed by atoms with Crippen LogP contribution in [-0.4, -0.2) is 122 Å². The number of nitrogens with zero attached hydrogens (tertiary/aromatic N) is 6. The number of halogens is 1. The van der Waals surface area contributed by atoms with E-state index in [1.54, 1.807) is 0 Å². The number of fused-ring (bicyclic) bond motifs is 2. The summed E-state index contributed by atoms with van der Waals surface area (Å²) in [6.07, 6.45) is 3.06. The minimum Gasteiger partial charge on any atom is -0.504 e. The lowest BCUT2D eigenvalue weighted by Gasteiger charge is -2.51. The van der Waals surface area contributed by atoms with Crippen molar-refractivity contribution in [3.63, 3.8) is 0 Å². The number of benzene rings is 1. The number of carbonyl (C=O) groups excluding carboxylic acids is 2. The number of nitrogens with one attached hydrogen (secondary N) is 1. The molecule has 2 saturated heterocycles. The van der Waals surface area contributed by atoms with E-state index in [-0.39, 0.29) is 45.5 Å². The smallest absolute Gasteiger partial charge is 0.352 e. The van der Waals surface area contributed by atoms with Crippen molar-refractivity contribution in [3.8, 4) is 11.5 Å². The average molecular weight is 792 g/mol. The summed E-state index contributed by atoms with van der Waals surface area (Å²) < 4.78 is 1.80. The van der Waals surface area contributed by atoms with Crippen LogP contribution in [0.15, 0.2) is 39.0 Å². The number of carboxylic acid groups (broad SMARTS) is 2. The van der Waals surface area contributed by atoms with E-state index in [2.05, 4.69) is 20.4 Å². The van der Waals surface area contributed by atoms with Gasteiger partial charge in [0.1, 0.15) is 34.4 Å². The molecule has 3 aliphatic heterocycles. The number of nitrogen functional groups attached to an aromatic ring is 1. The van der Waals surface area contributed by atoms with Gasteiger partial charge < -0.3 is 40.8 Å². The number of thiazole rings is 1.